The first-order valence-corrected chi connectivity index (χ1v) is 11.7. The minimum atomic E-state index is -0.858. The molecule has 1 fully saturated rings. The van der Waals surface area contributed by atoms with Crippen molar-refractivity contribution in [3.8, 4) is 5.75 Å². The molecule has 1 amide bonds. The summed E-state index contributed by atoms with van der Waals surface area (Å²) in [6.45, 7) is 10.2. The SMILES string of the molecule is CC(C)Oc1ccc(/C(O)=C2\C(=O)C(=O)N(c3ccc(C(C)(C)C)cc3)C2c2ccccn2)cc1. The molecular formula is C29H30N2O4. The second kappa shape index (κ2) is 9.37. The first-order valence-electron chi connectivity index (χ1n) is 11.7. The van der Waals surface area contributed by atoms with Crippen molar-refractivity contribution in [2.45, 2.75) is 52.2 Å². The van der Waals surface area contributed by atoms with Crippen LogP contribution in [0.5, 0.6) is 5.75 Å². The van der Waals surface area contributed by atoms with Crippen LogP contribution >= 0.6 is 0 Å². The molecule has 1 unspecified atom stereocenters. The molecular weight excluding hydrogens is 440 g/mol. The highest BCUT2D eigenvalue weighted by Crippen LogP contribution is 2.42. The molecule has 1 atom stereocenters. The lowest BCUT2D eigenvalue weighted by Gasteiger charge is -2.26. The molecule has 0 aliphatic carbocycles. The van der Waals surface area contributed by atoms with Crippen LogP contribution in [-0.2, 0) is 15.0 Å². The zero-order chi connectivity index (χ0) is 25.3. The third-order valence-corrected chi connectivity index (χ3v) is 5.92. The van der Waals surface area contributed by atoms with Crippen LogP contribution in [0.25, 0.3) is 5.76 Å². The van der Waals surface area contributed by atoms with E-state index in [9.17, 15) is 14.7 Å². The summed E-state index contributed by atoms with van der Waals surface area (Å²) < 4.78 is 5.67. The molecule has 2 aromatic carbocycles. The lowest BCUT2D eigenvalue weighted by molar-refractivity contribution is -0.132. The summed E-state index contributed by atoms with van der Waals surface area (Å²) >= 11 is 0. The van der Waals surface area contributed by atoms with Crippen LogP contribution in [0.15, 0.2) is 78.5 Å². The minimum Gasteiger partial charge on any atom is -0.507 e. The van der Waals surface area contributed by atoms with Crippen molar-refractivity contribution in [1.29, 1.82) is 0 Å². The summed E-state index contributed by atoms with van der Waals surface area (Å²) in [5.74, 6) is -1.05. The van der Waals surface area contributed by atoms with Crippen molar-refractivity contribution < 1.29 is 19.4 Å². The van der Waals surface area contributed by atoms with E-state index >= 15 is 0 Å². The van der Waals surface area contributed by atoms with Crippen LogP contribution < -0.4 is 9.64 Å². The van der Waals surface area contributed by atoms with Gasteiger partial charge in [0.25, 0.3) is 11.7 Å². The number of amides is 1. The summed E-state index contributed by atoms with van der Waals surface area (Å²) in [7, 11) is 0. The minimum absolute atomic E-state index is 0.00567. The monoisotopic (exact) mass is 470 g/mol. The second-order valence-corrected chi connectivity index (χ2v) is 9.91. The highest BCUT2D eigenvalue weighted by Gasteiger charge is 2.47. The standard InChI is InChI=1S/C29H30N2O4/c1-18(2)35-22-15-9-19(10-16-22)26(32)24-25(23-8-6-7-17-30-23)31(28(34)27(24)33)21-13-11-20(12-14-21)29(3,4)5/h6-18,25,32H,1-5H3/b26-24+. The number of anilines is 1. The normalized spacial score (nSPS) is 17.8. The largest absolute Gasteiger partial charge is 0.507 e. The first kappa shape index (κ1) is 24.2. The average molecular weight is 471 g/mol. The van der Waals surface area contributed by atoms with Crippen molar-refractivity contribution in [3.63, 3.8) is 0 Å². The van der Waals surface area contributed by atoms with Gasteiger partial charge < -0.3 is 9.84 Å². The molecule has 0 bridgehead atoms. The van der Waals surface area contributed by atoms with E-state index in [2.05, 4.69) is 25.8 Å². The first-order chi connectivity index (χ1) is 16.6. The zero-order valence-corrected chi connectivity index (χ0v) is 20.6. The maximum atomic E-state index is 13.3. The van der Waals surface area contributed by atoms with E-state index in [4.69, 9.17) is 4.74 Å². The quantitative estimate of drug-likeness (QED) is 0.290. The van der Waals surface area contributed by atoms with Gasteiger partial charge in [0, 0.05) is 17.4 Å². The molecule has 1 aliphatic heterocycles. The van der Waals surface area contributed by atoms with E-state index in [1.807, 2.05) is 38.1 Å². The van der Waals surface area contributed by atoms with Gasteiger partial charge in [-0.1, -0.05) is 39.0 Å². The Kier molecular flexibility index (Phi) is 6.48. The molecule has 6 nitrogen and oxygen atoms in total. The highest BCUT2D eigenvalue weighted by molar-refractivity contribution is 6.51. The number of pyridine rings is 1. The lowest BCUT2D eigenvalue weighted by atomic mass is 9.87. The van der Waals surface area contributed by atoms with Gasteiger partial charge in [0.05, 0.1) is 17.4 Å². The van der Waals surface area contributed by atoms with Crippen LogP contribution in [0.3, 0.4) is 0 Å². The molecule has 1 saturated heterocycles. The van der Waals surface area contributed by atoms with E-state index in [1.165, 1.54) is 4.90 Å². The van der Waals surface area contributed by atoms with Crippen LogP contribution in [-0.4, -0.2) is 27.9 Å². The molecule has 3 aromatic rings. The molecule has 2 heterocycles. The number of nitrogens with zero attached hydrogens (tertiary/aromatic N) is 2. The molecule has 1 aromatic heterocycles. The Bertz CT molecular complexity index is 1250. The van der Waals surface area contributed by atoms with E-state index in [1.54, 1.807) is 48.7 Å². The van der Waals surface area contributed by atoms with E-state index in [0.717, 1.165) is 5.56 Å². The fraction of sp³-hybridized carbons (Fsp3) is 0.276. The predicted octanol–water partition coefficient (Wildman–Crippen LogP) is 5.79. The van der Waals surface area contributed by atoms with Crippen LogP contribution in [0, 0.1) is 0 Å². The topological polar surface area (TPSA) is 79.7 Å². The maximum Gasteiger partial charge on any atom is 0.300 e. The number of aliphatic hydroxyl groups is 1. The van der Waals surface area contributed by atoms with Crippen LogP contribution in [0.4, 0.5) is 5.69 Å². The predicted molar refractivity (Wildman–Crippen MR) is 136 cm³/mol. The van der Waals surface area contributed by atoms with Gasteiger partial charge in [-0.15, -0.1) is 0 Å². The van der Waals surface area contributed by atoms with Gasteiger partial charge in [-0.3, -0.25) is 19.5 Å². The van der Waals surface area contributed by atoms with Crippen molar-refractivity contribution in [2.75, 3.05) is 4.90 Å². The summed E-state index contributed by atoms with van der Waals surface area (Å²) in [5.41, 5.74) is 2.53. The van der Waals surface area contributed by atoms with Gasteiger partial charge >= 0.3 is 0 Å². The number of carbonyl (C=O) groups excluding carboxylic acids is 2. The Morgan fingerprint density at radius 2 is 1.63 bits per heavy atom. The number of ether oxygens (including phenoxy) is 1. The molecule has 0 radical (unpaired) electrons. The van der Waals surface area contributed by atoms with Crippen molar-refractivity contribution >= 4 is 23.1 Å². The summed E-state index contributed by atoms with van der Waals surface area (Å²) in [4.78, 5) is 32.4. The average Bonchev–Trinajstić information content (AvgIpc) is 3.09. The summed E-state index contributed by atoms with van der Waals surface area (Å²) in [6, 6.07) is 18.8. The van der Waals surface area contributed by atoms with Gasteiger partial charge in [0.1, 0.15) is 17.6 Å². The van der Waals surface area contributed by atoms with Gasteiger partial charge in [-0.05, 0) is 73.4 Å². The van der Waals surface area contributed by atoms with E-state index < -0.39 is 17.7 Å². The molecule has 180 valence electrons. The van der Waals surface area contributed by atoms with Gasteiger partial charge in [0.15, 0.2) is 0 Å². The number of ketones is 1. The summed E-state index contributed by atoms with van der Waals surface area (Å²) in [6.07, 6.45) is 1.62. The smallest absolute Gasteiger partial charge is 0.300 e. The molecule has 35 heavy (non-hydrogen) atoms. The van der Waals surface area contributed by atoms with Gasteiger partial charge in [-0.25, -0.2) is 0 Å². The number of carbonyl (C=O) groups is 2. The number of Topliss-reactive ketones (excluding diaryl/α,β-unsaturated/α-hetero) is 1. The Morgan fingerprint density at radius 3 is 2.17 bits per heavy atom. The molecule has 6 heteroatoms. The number of aromatic nitrogens is 1. The van der Waals surface area contributed by atoms with Gasteiger partial charge in [-0.2, -0.15) is 0 Å². The van der Waals surface area contributed by atoms with Crippen molar-refractivity contribution in [3.05, 3.63) is 95.3 Å². The third-order valence-electron chi connectivity index (χ3n) is 5.92. The van der Waals surface area contributed by atoms with Gasteiger partial charge in [0.2, 0.25) is 0 Å². The van der Waals surface area contributed by atoms with Crippen molar-refractivity contribution in [2.24, 2.45) is 0 Å². The lowest BCUT2D eigenvalue weighted by Crippen LogP contribution is -2.30. The number of aliphatic hydroxyl groups excluding tert-OH is 1. The van der Waals surface area contributed by atoms with E-state index in [0.29, 0.717) is 22.7 Å². The van der Waals surface area contributed by atoms with Crippen LogP contribution in [0.2, 0.25) is 0 Å². The molecule has 1 N–H and O–H groups in total. The molecule has 0 spiro atoms. The number of hydrogen-bond acceptors (Lipinski definition) is 5. The Hall–Kier alpha value is -3.93. The second-order valence-electron chi connectivity index (χ2n) is 9.91. The molecule has 0 saturated carbocycles. The molecule has 1 aliphatic rings. The van der Waals surface area contributed by atoms with E-state index in [-0.39, 0.29) is 22.9 Å². The Balaban J connectivity index is 1.82. The maximum absolute atomic E-state index is 13.3. The Morgan fingerprint density at radius 1 is 0.971 bits per heavy atom. The van der Waals surface area contributed by atoms with Crippen LogP contribution in [0.1, 0.15) is 57.5 Å². The number of benzene rings is 2. The number of hydrogen-bond donors (Lipinski definition) is 1. The highest BCUT2D eigenvalue weighted by atomic mass is 16.5. The fourth-order valence-electron chi connectivity index (χ4n) is 4.16. The third kappa shape index (κ3) is 4.83. The van der Waals surface area contributed by atoms with Crippen molar-refractivity contribution in [1.82, 2.24) is 4.98 Å². The molecule has 4 rings (SSSR count). The summed E-state index contributed by atoms with van der Waals surface area (Å²) in [5, 5.41) is 11.2. The Labute approximate surface area is 205 Å². The fourth-order valence-corrected chi connectivity index (χ4v) is 4.16. The zero-order valence-electron chi connectivity index (χ0n) is 20.6. The number of rotatable bonds is 5.